The fraction of sp³-hybridized carbons (Fsp3) is 0.120. The van der Waals surface area contributed by atoms with Crippen LogP contribution in [0.1, 0.15) is 27.3 Å². The van der Waals surface area contributed by atoms with E-state index in [0.29, 0.717) is 11.3 Å². The molecule has 0 aliphatic heterocycles. The lowest BCUT2D eigenvalue weighted by atomic mass is 10.1. The van der Waals surface area contributed by atoms with Crippen LogP contribution in [0.2, 0.25) is 0 Å². The zero-order chi connectivity index (χ0) is 21.1. The van der Waals surface area contributed by atoms with Crippen molar-refractivity contribution in [1.29, 1.82) is 0 Å². The number of methoxy groups -OCH3 is 1. The van der Waals surface area contributed by atoms with Gasteiger partial charge in [0.05, 0.1) is 19.0 Å². The maximum atomic E-state index is 12.3. The van der Waals surface area contributed by atoms with Gasteiger partial charge in [0.1, 0.15) is 5.75 Å². The van der Waals surface area contributed by atoms with Crippen LogP contribution >= 0.6 is 0 Å². The molecular weight excluding hydrogens is 374 g/mol. The second kappa shape index (κ2) is 8.25. The summed E-state index contributed by atoms with van der Waals surface area (Å²) in [4.78, 5) is 12.3. The van der Waals surface area contributed by atoms with E-state index in [-0.39, 0.29) is 5.91 Å². The highest BCUT2D eigenvalue weighted by Crippen LogP contribution is 2.26. The first-order valence-electron chi connectivity index (χ1n) is 9.73. The van der Waals surface area contributed by atoms with E-state index in [2.05, 4.69) is 71.4 Å². The number of rotatable bonds is 5. The predicted molar refractivity (Wildman–Crippen MR) is 121 cm³/mol. The summed E-state index contributed by atoms with van der Waals surface area (Å²) in [6.07, 6.45) is 1.68. The van der Waals surface area contributed by atoms with Crippen molar-refractivity contribution >= 4 is 22.9 Å². The third-order valence-electron chi connectivity index (χ3n) is 5.18. The molecule has 1 aromatic heterocycles. The third-order valence-corrected chi connectivity index (χ3v) is 5.18. The highest BCUT2D eigenvalue weighted by atomic mass is 16.5. The van der Waals surface area contributed by atoms with Gasteiger partial charge in [-0.25, -0.2) is 5.43 Å². The molecule has 0 aliphatic rings. The molecule has 4 aromatic rings. The first kappa shape index (κ1) is 19.5. The summed E-state index contributed by atoms with van der Waals surface area (Å²) in [6.45, 7) is 4.13. The third kappa shape index (κ3) is 3.70. The van der Waals surface area contributed by atoms with Crippen molar-refractivity contribution in [2.75, 3.05) is 7.11 Å². The van der Waals surface area contributed by atoms with Crippen molar-refractivity contribution in [2.24, 2.45) is 5.10 Å². The molecule has 5 heteroatoms. The van der Waals surface area contributed by atoms with Gasteiger partial charge in [-0.05, 0) is 49.6 Å². The molecule has 30 heavy (non-hydrogen) atoms. The Bertz CT molecular complexity index is 1250. The van der Waals surface area contributed by atoms with E-state index in [4.69, 9.17) is 4.74 Å². The molecule has 0 saturated heterocycles. The Morgan fingerprint density at radius 2 is 1.77 bits per heavy atom. The summed E-state index contributed by atoms with van der Waals surface area (Å²) >= 11 is 0. The van der Waals surface area contributed by atoms with Crippen molar-refractivity contribution in [3.8, 4) is 11.4 Å². The Hall–Kier alpha value is -3.86. The summed E-state index contributed by atoms with van der Waals surface area (Å²) in [7, 11) is 1.57. The minimum atomic E-state index is -0.284. The number of hydrogen-bond acceptors (Lipinski definition) is 3. The molecule has 0 unspecified atom stereocenters. The minimum absolute atomic E-state index is 0.284. The summed E-state index contributed by atoms with van der Waals surface area (Å²) in [5.41, 5.74) is 7.32. The SMILES string of the molecule is COc1cccc(C(=O)N/N=C\c2cc(C)n(-c3cccc4ccccc34)c2C)c1. The van der Waals surface area contributed by atoms with Crippen LogP contribution in [0.15, 0.2) is 77.9 Å². The van der Waals surface area contributed by atoms with Gasteiger partial charge in [-0.2, -0.15) is 5.10 Å². The monoisotopic (exact) mass is 397 g/mol. The molecule has 0 bridgehead atoms. The summed E-state index contributed by atoms with van der Waals surface area (Å²) in [5.74, 6) is 0.346. The van der Waals surface area contributed by atoms with Gasteiger partial charge < -0.3 is 9.30 Å². The zero-order valence-corrected chi connectivity index (χ0v) is 17.2. The number of nitrogens with zero attached hydrogens (tertiary/aromatic N) is 2. The molecular formula is C25H23N3O2. The van der Waals surface area contributed by atoms with Crippen LogP contribution in [0.5, 0.6) is 5.75 Å². The number of hydrazone groups is 1. The van der Waals surface area contributed by atoms with E-state index >= 15 is 0 Å². The number of fused-ring (bicyclic) bond motifs is 1. The molecule has 0 radical (unpaired) electrons. The van der Waals surface area contributed by atoms with Gasteiger partial charge in [0.15, 0.2) is 0 Å². The number of nitrogens with one attached hydrogen (secondary N) is 1. The van der Waals surface area contributed by atoms with Gasteiger partial charge in [-0.3, -0.25) is 4.79 Å². The Labute approximate surface area is 175 Å². The first-order valence-corrected chi connectivity index (χ1v) is 9.73. The lowest BCUT2D eigenvalue weighted by molar-refractivity contribution is 0.0955. The Balaban J connectivity index is 1.60. The number of carbonyl (C=O) groups excluding carboxylic acids is 1. The Kier molecular flexibility index (Phi) is 5.35. The van der Waals surface area contributed by atoms with Crippen molar-refractivity contribution in [2.45, 2.75) is 13.8 Å². The van der Waals surface area contributed by atoms with Crippen molar-refractivity contribution in [3.05, 3.63) is 95.3 Å². The predicted octanol–water partition coefficient (Wildman–Crippen LogP) is 5.02. The molecule has 0 atom stereocenters. The lowest BCUT2D eigenvalue weighted by Gasteiger charge is -2.13. The van der Waals surface area contributed by atoms with Gasteiger partial charge in [-0.1, -0.05) is 42.5 Å². The standard InChI is InChI=1S/C25H23N3O2/c1-17-14-21(16-26-27-25(29)20-10-6-11-22(15-20)30-3)18(2)28(17)24-13-7-9-19-8-4-5-12-23(19)24/h4-16H,1-3H3,(H,27,29)/b26-16-. The van der Waals surface area contributed by atoms with Gasteiger partial charge >= 0.3 is 0 Å². The zero-order valence-electron chi connectivity index (χ0n) is 17.2. The number of carbonyl (C=O) groups is 1. The molecule has 1 heterocycles. The maximum absolute atomic E-state index is 12.3. The van der Waals surface area contributed by atoms with Crippen LogP contribution in [0.25, 0.3) is 16.5 Å². The molecule has 150 valence electrons. The van der Waals surface area contributed by atoms with Gasteiger partial charge in [-0.15, -0.1) is 0 Å². The molecule has 3 aromatic carbocycles. The van der Waals surface area contributed by atoms with Gasteiger partial charge in [0, 0.05) is 27.9 Å². The van der Waals surface area contributed by atoms with Crippen molar-refractivity contribution < 1.29 is 9.53 Å². The fourth-order valence-electron chi connectivity index (χ4n) is 3.68. The second-order valence-electron chi connectivity index (χ2n) is 7.09. The van der Waals surface area contributed by atoms with E-state index in [1.54, 1.807) is 37.6 Å². The van der Waals surface area contributed by atoms with Gasteiger partial charge in [0.2, 0.25) is 0 Å². The summed E-state index contributed by atoms with van der Waals surface area (Å²) in [6, 6.07) is 23.7. The van der Waals surface area contributed by atoms with Crippen LogP contribution in [0.4, 0.5) is 0 Å². The quantitative estimate of drug-likeness (QED) is 0.380. The largest absolute Gasteiger partial charge is 0.497 e. The molecule has 0 fully saturated rings. The lowest BCUT2D eigenvalue weighted by Crippen LogP contribution is -2.17. The highest BCUT2D eigenvalue weighted by Gasteiger charge is 2.12. The van der Waals surface area contributed by atoms with Crippen molar-refractivity contribution in [1.82, 2.24) is 9.99 Å². The summed E-state index contributed by atoms with van der Waals surface area (Å²) < 4.78 is 7.38. The van der Waals surface area contributed by atoms with Crippen LogP contribution in [-0.4, -0.2) is 23.8 Å². The molecule has 0 aliphatic carbocycles. The van der Waals surface area contributed by atoms with E-state index in [1.807, 2.05) is 6.07 Å². The molecule has 4 rings (SSSR count). The molecule has 0 saturated carbocycles. The van der Waals surface area contributed by atoms with E-state index < -0.39 is 0 Å². The van der Waals surface area contributed by atoms with Crippen LogP contribution in [-0.2, 0) is 0 Å². The molecule has 1 amide bonds. The summed E-state index contributed by atoms with van der Waals surface area (Å²) in [5, 5.41) is 6.55. The first-order chi connectivity index (χ1) is 14.6. The molecule has 1 N–H and O–H groups in total. The normalized spacial score (nSPS) is 11.2. The number of benzene rings is 3. The molecule has 0 spiro atoms. The van der Waals surface area contributed by atoms with Crippen molar-refractivity contribution in [3.63, 3.8) is 0 Å². The Morgan fingerprint density at radius 3 is 2.60 bits per heavy atom. The number of ether oxygens (including phenoxy) is 1. The minimum Gasteiger partial charge on any atom is -0.497 e. The van der Waals surface area contributed by atoms with Crippen LogP contribution in [0.3, 0.4) is 0 Å². The number of aromatic nitrogens is 1. The van der Waals surface area contributed by atoms with E-state index in [0.717, 1.165) is 22.6 Å². The van der Waals surface area contributed by atoms with Crippen LogP contribution in [0, 0.1) is 13.8 Å². The number of hydrogen-bond donors (Lipinski definition) is 1. The topological polar surface area (TPSA) is 55.6 Å². The van der Waals surface area contributed by atoms with E-state index in [9.17, 15) is 4.79 Å². The van der Waals surface area contributed by atoms with Gasteiger partial charge in [0.25, 0.3) is 5.91 Å². The van der Waals surface area contributed by atoms with Crippen LogP contribution < -0.4 is 10.2 Å². The highest BCUT2D eigenvalue weighted by molar-refractivity contribution is 5.95. The number of amides is 1. The second-order valence-corrected chi connectivity index (χ2v) is 7.09. The smallest absolute Gasteiger partial charge is 0.271 e. The Morgan fingerprint density at radius 1 is 1.00 bits per heavy atom. The maximum Gasteiger partial charge on any atom is 0.271 e. The fourth-order valence-corrected chi connectivity index (χ4v) is 3.68. The average molecular weight is 397 g/mol. The number of aryl methyl sites for hydroxylation is 1. The molecule has 5 nitrogen and oxygen atoms in total. The van der Waals surface area contributed by atoms with E-state index in [1.165, 1.54) is 10.8 Å². The average Bonchev–Trinajstić information content (AvgIpc) is 3.06.